The first-order valence-electron chi connectivity index (χ1n) is 6.91. The largest absolute Gasteiger partial charge is 0.352 e. The van der Waals surface area contributed by atoms with Crippen molar-refractivity contribution in [2.45, 2.75) is 26.2 Å². The third-order valence-electron chi connectivity index (χ3n) is 3.60. The molecule has 4 heteroatoms. The van der Waals surface area contributed by atoms with E-state index in [2.05, 4.69) is 10.6 Å². The number of aryl methyl sites for hydroxylation is 1. The first kappa shape index (κ1) is 14.0. The van der Waals surface area contributed by atoms with Gasteiger partial charge in [-0.05, 0) is 69.0 Å². The van der Waals surface area contributed by atoms with Crippen LogP contribution in [0.2, 0.25) is 0 Å². The summed E-state index contributed by atoms with van der Waals surface area (Å²) >= 11 is 0. The van der Waals surface area contributed by atoms with Gasteiger partial charge in [-0.1, -0.05) is 0 Å². The number of halogens is 1. The molecule has 0 spiro atoms. The minimum Gasteiger partial charge on any atom is -0.352 e. The molecule has 1 aromatic carbocycles. The number of carbonyl (C=O) groups is 1. The van der Waals surface area contributed by atoms with Crippen molar-refractivity contribution in [2.75, 3.05) is 19.6 Å². The molecular weight excluding hydrogens is 243 g/mol. The highest BCUT2D eigenvalue weighted by Gasteiger charge is 2.13. The van der Waals surface area contributed by atoms with Crippen molar-refractivity contribution in [1.29, 1.82) is 0 Å². The topological polar surface area (TPSA) is 41.1 Å². The number of nitrogens with one attached hydrogen (secondary N) is 2. The quantitative estimate of drug-likeness (QED) is 0.875. The van der Waals surface area contributed by atoms with Gasteiger partial charge in [-0.3, -0.25) is 4.79 Å². The van der Waals surface area contributed by atoms with Crippen molar-refractivity contribution < 1.29 is 9.18 Å². The van der Waals surface area contributed by atoms with Gasteiger partial charge in [0.15, 0.2) is 0 Å². The molecule has 1 saturated heterocycles. The predicted octanol–water partition coefficient (Wildman–Crippen LogP) is 2.25. The van der Waals surface area contributed by atoms with Gasteiger partial charge in [0.05, 0.1) is 0 Å². The van der Waals surface area contributed by atoms with Crippen LogP contribution in [0, 0.1) is 18.7 Å². The summed E-state index contributed by atoms with van der Waals surface area (Å²) in [5.74, 6) is 0.149. The Morgan fingerprint density at radius 2 is 2.11 bits per heavy atom. The van der Waals surface area contributed by atoms with Crippen LogP contribution in [0.3, 0.4) is 0 Å². The zero-order chi connectivity index (χ0) is 13.7. The third kappa shape index (κ3) is 4.31. The van der Waals surface area contributed by atoms with Crippen LogP contribution in [-0.4, -0.2) is 25.5 Å². The van der Waals surface area contributed by atoms with E-state index in [4.69, 9.17) is 0 Å². The maximum absolute atomic E-state index is 13.2. The lowest BCUT2D eigenvalue weighted by Crippen LogP contribution is -2.31. The van der Waals surface area contributed by atoms with E-state index in [-0.39, 0.29) is 11.7 Å². The summed E-state index contributed by atoms with van der Waals surface area (Å²) in [6.45, 7) is 4.59. The van der Waals surface area contributed by atoms with Gasteiger partial charge in [-0.15, -0.1) is 0 Å². The molecule has 1 aromatic rings. The lowest BCUT2D eigenvalue weighted by molar-refractivity contribution is 0.0950. The summed E-state index contributed by atoms with van der Waals surface area (Å²) in [7, 11) is 0. The molecule has 1 aliphatic rings. The Balaban J connectivity index is 1.80. The Labute approximate surface area is 113 Å². The Bertz CT molecular complexity index is 422. The zero-order valence-electron chi connectivity index (χ0n) is 11.3. The molecule has 0 radical (unpaired) electrons. The maximum Gasteiger partial charge on any atom is 0.251 e. The molecule has 19 heavy (non-hydrogen) atoms. The summed E-state index contributed by atoms with van der Waals surface area (Å²) < 4.78 is 13.2. The van der Waals surface area contributed by atoms with Gasteiger partial charge in [-0.2, -0.15) is 0 Å². The van der Waals surface area contributed by atoms with Gasteiger partial charge in [0.25, 0.3) is 5.91 Å². The highest BCUT2D eigenvalue weighted by molar-refractivity contribution is 5.94. The molecule has 0 aromatic heterocycles. The van der Waals surface area contributed by atoms with Crippen LogP contribution < -0.4 is 10.6 Å². The SMILES string of the molecule is Cc1cc(F)cc(C(=O)NCCC2CCNCC2)c1. The van der Waals surface area contributed by atoms with Crippen molar-refractivity contribution in [3.05, 3.63) is 35.1 Å². The molecule has 0 bridgehead atoms. The number of piperidine rings is 1. The van der Waals surface area contributed by atoms with Crippen LogP contribution >= 0.6 is 0 Å². The molecule has 0 unspecified atom stereocenters. The van der Waals surface area contributed by atoms with E-state index in [1.54, 1.807) is 13.0 Å². The normalized spacial score (nSPS) is 16.3. The summed E-state index contributed by atoms with van der Waals surface area (Å²) in [6, 6.07) is 4.42. The van der Waals surface area contributed by atoms with Crippen molar-refractivity contribution in [3.63, 3.8) is 0 Å². The number of amides is 1. The van der Waals surface area contributed by atoms with E-state index in [0.717, 1.165) is 25.1 Å². The Morgan fingerprint density at radius 1 is 1.37 bits per heavy atom. The zero-order valence-corrected chi connectivity index (χ0v) is 11.3. The molecule has 0 atom stereocenters. The summed E-state index contributed by atoms with van der Waals surface area (Å²) in [5.41, 5.74) is 1.17. The molecule has 0 saturated carbocycles. The molecule has 2 N–H and O–H groups in total. The van der Waals surface area contributed by atoms with Crippen LogP contribution in [-0.2, 0) is 0 Å². The number of rotatable bonds is 4. The fraction of sp³-hybridized carbons (Fsp3) is 0.533. The molecule has 104 valence electrons. The predicted molar refractivity (Wildman–Crippen MR) is 73.7 cm³/mol. The molecule has 0 aliphatic carbocycles. The molecule has 2 rings (SSSR count). The van der Waals surface area contributed by atoms with Gasteiger partial charge in [0.1, 0.15) is 5.82 Å². The number of hydrogen-bond acceptors (Lipinski definition) is 2. The van der Waals surface area contributed by atoms with E-state index in [1.807, 2.05) is 0 Å². The molecular formula is C15H21FN2O. The lowest BCUT2D eigenvalue weighted by atomic mass is 9.95. The van der Waals surface area contributed by atoms with E-state index < -0.39 is 0 Å². The fourth-order valence-electron chi connectivity index (χ4n) is 2.53. The lowest BCUT2D eigenvalue weighted by Gasteiger charge is -2.22. The highest BCUT2D eigenvalue weighted by atomic mass is 19.1. The smallest absolute Gasteiger partial charge is 0.251 e. The number of hydrogen-bond donors (Lipinski definition) is 2. The van der Waals surface area contributed by atoms with Crippen molar-refractivity contribution in [2.24, 2.45) is 5.92 Å². The van der Waals surface area contributed by atoms with E-state index in [9.17, 15) is 9.18 Å². The van der Waals surface area contributed by atoms with E-state index in [0.29, 0.717) is 18.0 Å². The fourth-order valence-corrected chi connectivity index (χ4v) is 2.53. The van der Waals surface area contributed by atoms with E-state index in [1.165, 1.54) is 25.0 Å². The van der Waals surface area contributed by atoms with Crippen LogP contribution in [0.5, 0.6) is 0 Å². The first-order chi connectivity index (χ1) is 9.15. The van der Waals surface area contributed by atoms with Crippen LogP contribution in [0.25, 0.3) is 0 Å². The van der Waals surface area contributed by atoms with E-state index >= 15 is 0 Å². The van der Waals surface area contributed by atoms with Gasteiger partial charge < -0.3 is 10.6 Å². The minimum atomic E-state index is -0.358. The Morgan fingerprint density at radius 3 is 2.79 bits per heavy atom. The Hall–Kier alpha value is -1.42. The van der Waals surface area contributed by atoms with Gasteiger partial charge in [0.2, 0.25) is 0 Å². The molecule has 1 heterocycles. The van der Waals surface area contributed by atoms with Gasteiger partial charge in [-0.25, -0.2) is 4.39 Å². The standard InChI is InChI=1S/C15H21FN2O/c1-11-8-13(10-14(16)9-11)15(19)18-7-4-12-2-5-17-6-3-12/h8-10,12,17H,2-7H2,1H3,(H,18,19). The van der Waals surface area contributed by atoms with Crippen LogP contribution in [0.1, 0.15) is 35.2 Å². The summed E-state index contributed by atoms with van der Waals surface area (Å²) in [4.78, 5) is 11.9. The third-order valence-corrected chi connectivity index (χ3v) is 3.60. The summed E-state index contributed by atoms with van der Waals surface area (Å²) in [6.07, 6.45) is 3.35. The van der Waals surface area contributed by atoms with Crippen molar-refractivity contribution >= 4 is 5.91 Å². The summed E-state index contributed by atoms with van der Waals surface area (Å²) in [5, 5.41) is 6.20. The Kier molecular flexibility index (Phi) is 4.91. The molecule has 1 amide bonds. The first-order valence-corrected chi connectivity index (χ1v) is 6.91. The monoisotopic (exact) mass is 264 g/mol. The average molecular weight is 264 g/mol. The second-order valence-corrected chi connectivity index (χ2v) is 5.26. The van der Waals surface area contributed by atoms with Crippen LogP contribution in [0.15, 0.2) is 18.2 Å². The van der Waals surface area contributed by atoms with Crippen LogP contribution in [0.4, 0.5) is 4.39 Å². The van der Waals surface area contributed by atoms with Crippen molar-refractivity contribution in [1.82, 2.24) is 10.6 Å². The second-order valence-electron chi connectivity index (χ2n) is 5.26. The minimum absolute atomic E-state index is 0.184. The van der Waals surface area contributed by atoms with Gasteiger partial charge in [0, 0.05) is 12.1 Å². The number of carbonyl (C=O) groups excluding carboxylic acids is 1. The number of benzene rings is 1. The molecule has 1 aliphatic heterocycles. The second kappa shape index (κ2) is 6.66. The molecule has 3 nitrogen and oxygen atoms in total. The highest BCUT2D eigenvalue weighted by Crippen LogP contribution is 2.15. The van der Waals surface area contributed by atoms with Gasteiger partial charge >= 0.3 is 0 Å². The van der Waals surface area contributed by atoms with Crippen molar-refractivity contribution in [3.8, 4) is 0 Å². The average Bonchev–Trinajstić information content (AvgIpc) is 2.38. The maximum atomic E-state index is 13.2. The molecule has 1 fully saturated rings.